The topological polar surface area (TPSA) is 32.3 Å². The minimum atomic E-state index is -0.328. The molecule has 18 heavy (non-hydrogen) atoms. The summed E-state index contributed by atoms with van der Waals surface area (Å²) >= 11 is 0. The van der Waals surface area contributed by atoms with Crippen LogP contribution in [0.25, 0.3) is 0 Å². The highest BCUT2D eigenvalue weighted by molar-refractivity contribution is 5.95. The van der Waals surface area contributed by atoms with Gasteiger partial charge in [0.15, 0.2) is 0 Å². The number of nitrogens with zero attached hydrogens (tertiary/aromatic N) is 1. The number of para-hydroxylation sites is 1. The Balaban J connectivity index is 2.02. The third-order valence-electron chi connectivity index (χ3n) is 4.16. The average Bonchev–Trinajstić information content (AvgIpc) is 2.76. The Bertz CT molecular complexity index is 489. The Hall–Kier alpha value is -1.42. The molecular formula is C14H17FN2O. The number of likely N-dealkylation sites (tertiary alicyclic amines) is 1. The molecule has 0 aliphatic carbocycles. The van der Waals surface area contributed by atoms with Crippen molar-refractivity contribution in [3.8, 4) is 0 Å². The minimum absolute atomic E-state index is 0.0714. The van der Waals surface area contributed by atoms with Gasteiger partial charge in [-0.1, -0.05) is 12.1 Å². The number of hydrogen-bond acceptors (Lipinski definition) is 2. The Kier molecular flexibility index (Phi) is 2.82. The van der Waals surface area contributed by atoms with Crippen LogP contribution in [0.15, 0.2) is 18.2 Å². The molecule has 4 heteroatoms. The number of halogens is 1. The largest absolute Gasteiger partial charge is 0.323 e. The van der Waals surface area contributed by atoms with Gasteiger partial charge in [0, 0.05) is 18.4 Å². The SMILES string of the molecule is CN1CCCC1C1CC(=O)Nc2c(F)cccc21. The number of amides is 1. The highest BCUT2D eigenvalue weighted by Gasteiger charge is 2.36. The smallest absolute Gasteiger partial charge is 0.225 e. The van der Waals surface area contributed by atoms with Crippen LogP contribution >= 0.6 is 0 Å². The van der Waals surface area contributed by atoms with E-state index >= 15 is 0 Å². The molecule has 0 bridgehead atoms. The van der Waals surface area contributed by atoms with Crippen molar-refractivity contribution >= 4 is 11.6 Å². The summed E-state index contributed by atoms with van der Waals surface area (Å²) in [7, 11) is 2.09. The maximum Gasteiger partial charge on any atom is 0.225 e. The lowest BCUT2D eigenvalue weighted by molar-refractivity contribution is -0.117. The number of hydrogen-bond donors (Lipinski definition) is 1. The van der Waals surface area contributed by atoms with E-state index in [1.807, 2.05) is 6.07 Å². The lowest BCUT2D eigenvalue weighted by Crippen LogP contribution is -2.36. The minimum Gasteiger partial charge on any atom is -0.323 e. The molecule has 2 aliphatic heterocycles. The van der Waals surface area contributed by atoms with E-state index in [4.69, 9.17) is 0 Å². The molecule has 1 aromatic carbocycles. The van der Waals surface area contributed by atoms with E-state index in [1.54, 1.807) is 6.07 Å². The first-order chi connectivity index (χ1) is 8.66. The lowest BCUT2D eigenvalue weighted by Gasteiger charge is -2.33. The number of carbonyl (C=O) groups is 1. The molecule has 2 aliphatic rings. The second-order valence-electron chi connectivity index (χ2n) is 5.25. The fourth-order valence-corrected chi connectivity index (χ4v) is 3.27. The van der Waals surface area contributed by atoms with E-state index in [9.17, 15) is 9.18 Å². The molecule has 1 saturated heterocycles. The fraction of sp³-hybridized carbons (Fsp3) is 0.500. The van der Waals surface area contributed by atoms with E-state index in [-0.39, 0.29) is 17.6 Å². The highest BCUT2D eigenvalue weighted by Crippen LogP contribution is 2.40. The maximum absolute atomic E-state index is 13.8. The van der Waals surface area contributed by atoms with E-state index in [1.165, 1.54) is 6.07 Å². The van der Waals surface area contributed by atoms with Crippen LogP contribution in [0.3, 0.4) is 0 Å². The zero-order valence-electron chi connectivity index (χ0n) is 10.4. The molecule has 0 aromatic heterocycles. The molecule has 3 nitrogen and oxygen atoms in total. The zero-order valence-corrected chi connectivity index (χ0v) is 10.4. The Morgan fingerprint density at radius 1 is 1.44 bits per heavy atom. The summed E-state index contributed by atoms with van der Waals surface area (Å²) < 4.78 is 13.8. The summed E-state index contributed by atoms with van der Waals surface area (Å²) in [6.07, 6.45) is 2.71. The highest BCUT2D eigenvalue weighted by atomic mass is 19.1. The van der Waals surface area contributed by atoms with Crippen LogP contribution in [0.5, 0.6) is 0 Å². The second-order valence-corrected chi connectivity index (χ2v) is 5.25. The standard InChI is InChI=1S/C14H17FN2O/c1-17-7-3-6-12(17)10-8-13(18)16-14-9(10)4-2-5-11(14)15/h2,4-5,10,12H,3,6-8H2,1H3,(H,16,18). The van der Waals surface area contributed by atoms with Gasteiger partial charge in [0.05, 0.1) is 5.69 Å². The molecule has 2 unspecified atom stereocenters. The molecule has 1 N–H and O–H groups in total. The van der Waals surface area contributed by atoms with Gasteiger partial charge < -0.3 is 10.2 Å². The third-order valence-corrected chi connectivity index (χ3v) is 4.16. The monoisotopic (exact) mass is 248 g/mol. The molecule has 1 fully saturated rings. The van der Waals surface area contributed by atoms with Gasteiger partial charge >= 0.3 is 0 Å². The van der Waals surface area contributed by atoms with Crippen molar-refractivity contribution in [2.24, 2.45) is 0 Å². The number of likely N-dealkylation sites (N-methyl/N-ethyl adjacent to an activating group) is 1. The van der Waals surface area contributed by atoms with Crippen molar-refractivity contribution in [2.45, 2.75) is 31.2 Å². The molecule has 3 rings (SSSR count). The molecule has 0 spiro atoms. The Morgan fingerprint density at radius 2 is 2.28 bits per heavy atom. The number of nitrogens with one attached hydrogen (secondary N) is 1. The van der Waals surface area contributed by atoms with Crippen LogP contribution in [-0.4, -0.2) is 30.4 Å². The van der Waals surface area contributed by atoms with Crippen molar-refractivity contribution in [1.29, 1.82) is 0 Å². The summed E-state index contributed by atoms with van der Waals surface area (Å²) in [6.45, 7) is 1.06. The molecular weight excluding hydrogens is 231 g/mol. The average molecular weight is 248 g/mol. The summed E-state index contributed by atoms with van der Waals surface area (Å²) in [5.74, 6) is -0.277. The van der Waals surface area contributed by atoms with Crippen molar-refractivity contribution in [2.75, 3.05) is 18.9 Å². The number of rotatable bonds is 1. The van der Waals surface area contributed by atoms with Gasteiger partial charge in [-0.05, 0) is 38.1 Å². The second kappa shape index (κ2) is 4.35. The molecule has 1 aromatic rings. The van der Waals surface area contributed by atoms with Gasteiger partial charge in [-0.2, -0.15) is 0 Å². The maximum atomic E-state index is 13.8. The predicted octanol–water partition coefficient (Wildman–Crippen LogP) is 2.35. The van der Waals surface area contributed by atoms with Crippen LogP contribution in [0.4, 0.5) is 10.1 Å². The summed E-state index contributed by atoms with van der Waals surface area (Å²) in [5.41, 5.74) is 1.34. The van der Waals surface area contributed by atoms with Gasteiger partial charge in [0.25, 0.3) is 0 Å². The molecule has 0 saturated carbocycles. The molecule has 1 amide bonds. The van der Waals surface area contributed by atoms with E-state index in [2.05, 4.69) is 17.3 Å². The number of anilines is 1. The first-order valence-electron chi connectivity index (χ1n) is 6.45. The zero-order chi connectivity index (χ0) is 12.7. The van der Waals surface area contributed by atoms with E-state index in [0.29, 0.717) is 18.2 Å². The summed E-state index contributed by atoms with van der Waals surface area (Å²) in [6, 6.07) is 5.43. The van der Waals surface area contributed by atoms with Crippen molar-refractivity contribution in [3.63, 3.8) is 0 Å². The number of carbonyl (C=O) groups excluding carboxylic acids is 1. The van der Waals surface area contributed by atoms with Crippen LogP contribution in [0.2, 0.25) is 0 Å². The Labute approximate surface area is 106 Å². The number of benzene rings is 1. The third kappa shape index (κ3) is 1.81. The quantitative estimate of drug-likeness (QED) is 0.827. The van der Waals surface area contributed by atoms with E-state index in [0.717, 1.165) is 24.9 Å². The van der Waals surface area contributed by atoms with Crippen LogP contribution in [0.1, 0.15) is 30.7 Å². The lowest BCUT2D eigenvalue weighted by atomic mass is 9.83. The molecule has 2 heterocycles. The van der Waals surface area contributed by atoms with E-state index < -0.39 is 0 Å². The van der Waals surface area contributed by atoms with Gasteiger partial charge in [-0.3, -0.25) is 4.79 Å². The molecule has 0 radical (unpaired) electrons. The first kappa shape index (κ1) is 11.7. The van der Waals surface area contributed by atoms with Crippen LogP contribution in [-0.2, 0) is 4.79 Å². The van der Waals surface area contributed by atoms with Crippen molar-refractivity contribution in [3.05, 3.63) is 29.6 Å². The first-order valence-corrected chi connectivity index (χ1v) is 6.45. The molecule has 96 valence electrons. The van der Waals surface area contributed by atoms with Gasteiger partial charge in [-0.15, -0.1) is 0 Å². The van der Waals surface area contributed by atoms with Crippen molar-refractivity contribution < 1.29 is 9.18 Å². The summed E-state index contributed by atoms with van der Waals surface area (Å²) in [5, 5.41) is 2.66. The predicted molar refractivity (Wildman–Crippen MR) is 68.0 cm³/mol. The van der Waals surface area contributed by atoms with Crippen LogP contribution < -0.4 is 5.32 Å². The Morgan fingerprint density at radius 3 is 3.00 bits per heavy atom. The van der Waals surface area contributed by atoms with Crippen molar-refractivity contribution in [1.82, 2.24) is 4.90 Å². The van der Waals surface area contributed by atoms with Gasteiger partial charge in [0.1, 0.15) is 5.82 Å². The number of fused-ring (bicyclic) bond motifs is 1. The van der Waals surface area contributed by atoms with Gasteiger partial charge in [0.2, 0.25) is 5.91 Å². The summed E-state index contributed by atoms with van der Waals surface area (Å²) in [4.78, 5) is 14.0. The van der Waals surface area contributed by atoms with Crippen LogP contribution in [0, 0.1) is 5.82 Å². The van der Waals surface area contributed by atoms with Gasteiger partial charge in [-0.25, -0.2) is 4.39 Å². The fourth-order valence-electron chi connectivity index (χ4n) is 3.27. The normalized spacial score (nSPS) is 28.0. The molecule has 2 atom stereocenters.